The molecule has 0 spiro atoms. The number of ether oxygens (including phenoxy) is 2. The van der Waals surface area contributed by atoms with E-state index in [1.165, 1.54) is 6.92 Å². The fraction of sp³-hybridized carbons (Fsp3) is 0.345. The van der Waals surface area contributed by atoms with Crippen LogP contribution in [-0.4, -0.2) is 57.5 Å². The lowest BCUT2D eigenvalue weighted by Crippen LogP contribution is -2.73. The van der Waals surface area contributed by atoms with Crippen molar-refractivity contribution in [2.45, 2.75) is 62.6 Å². The molecule has 7 heteroatoms. The van der Waals surface area contributed by atoms with Crippen molar-refractivity contribution in [1.82, 2.24) is 5.32 Å². The summed E-state index contributed by atoms with van der Waals surface area (Å²) in [6.45, 7) is 1.49. The van der Waals surface area contributed by atoms with Gasteiger partial charge in [0.2, 0.25) is 5.91 Å². The largest absolute Gasteiger partial charge is 0.390 e. The van der Waals surface area contributed by atoms with Crippen molar-refractivity contribution in [3.05, 3.63) is 108 Å². The van der Waals surface area contributed by atoms with Gasteiger partial charge in [-0.1, -0.05) is 91.0 Å². The number of carbonyl (C=O) groups excluding carboxylic acids is 1. The van der Waals surface area contributed by atoms with Gasteiger partial charge in [-0.05, 0) is 16.7 Å². The van der Waals surface area contributed by atoms with Crippen molar-refractivity contribution in [1.29, 1.82) is 0 Å². The highest BCUT2D eigenvalue weighted by Crippen LogP contribution is 2.36. The molecule has 0 bridgehead atoms. The third-order valence-corrected chi connectivity index (χ3v) is 6.54. The maximum atomic E-state index is 12.2. The van der Waals surface area contributed by atoms with E-state index >= 15 is 0 Å². The van der Waals surface area contributed by atoms with E-state index in [0.29, 0.717) is 0 Å². The van der Waals surface area contributed by atoms with Crippen LogP contribution in [-0.2, 0) is 33.7 Å². The van der Waals surface area contributed by atoms with Crippen molar-refractivity contribution in [3.63, 3.8) is 0 Å². The van der Waals surface area contributed by atoms with Crippen LogP contribution >= 0.6 is 0 Å². The highest BCUT2D eigenvalue weighted by Gasteiger charge is 2.57. The molecule has 1 heterocycles. The summed E-state index contributed by atoms with van der Waals surface area (Å²) < 4.78 is 12.2. The first-order chi connectivity index (χ1) is 17.4. The lowest BCUT2D eigenvalue weighted by molar-refractivity contribution is -0.311. The second-order valence-electron chi connectivity index (χ2n) is 9.30. The minimum atomic E-state index is -1.88. The van der Waals surface area contributed by atoms with Gasteiger partial charge in [-0.3, -0.25) is 4.79 Å². The molecule has 0 radical (unpaired) electrons. The highest BCUT2D eigenvalue weighted by molar-refractivity contribution is 5.73. The van der Waals surface area contributed by atoms with Gasteiger partial charge in [-0.25, -0.2) is 0 Å². The second kappa shape index (κ2) is 11.8. The molecule has 0 aliphatic carbocycles. The molecule has 2 unspecified atom stereocenters. The van der Waals surface area contributed by atoms with Crippen LogP contribution in [0.15, 0.2) is 91.0 Å². The smallest absolute Gasteiger partial charge is 0.217 e. The van der Waals surface area contributed by atoms with Crippen molar-refractivity contribution in [2.24, 2.45) is 0 Å². The predicted molar refractivity (Wildman–Crippen MR) is 135 cm³/mol. The molecule has 3 aromatic carbocycles. The normalized spacial score (nSPS) is 26.8. The molecule has 1 amide bonds. The van der Waals surface area contributed by atoms with Crippen molar-refractivity contribution in [3.8, 4) is 0 Å². The first kappa shape index (κ1) is 26.0. The number of hydrogen-bond acceptors (Lipinski definition) is 6. The summed E-state index contributed by atoms with van der Waals surface area (Å²) in [5.74, 6) is -0.404. The zero-order chi connectivity index (χ0) is 25.5. The maximum absolute atomic E-state index is 12.2. The SMILES string of the molecule is CC(=O)N[C@H]1C(OCc2ccccc2)O[C@H](C(O)Cc2ccccc2)[C@@H](O)[C@@]1(O)Cc1ccccc1. The van der Waals surface area contributed by atoms with Gasteiger partial charge in [-0.2, -0.15) is 0 Å². The van der Waals surface area contributed by atoms with Crippen molar-refractivity contribution in [2.75, 3.05) is 0 Å². The molecular weight excluding hydrogens is 458 g/mol. The quantitative estimate of drug-likeness (QED) is 0.366. The van der Waals surface area contributed by atoms with Gasteiger partial charge in [0.05, 0.1) is 12.7 Å². The van der Waals surface area contributed by atoms with E-state index < -0.39 is 42.2 Å². The Morgan fingerprint density at radius 2 is 1.47 bits per heavy atom. The highest BCUT2D eigenvalue weighted by atomic mass is 16.7. The minimum Gasteiger partial charge on any atom is -0.390 e. The Balaban J connectivity index is 1.66. The average Bonchev–Trinajstić information content (AvgIpc) is 2.88. The predicted octanol–water partition coefficient (Wildman–Crippen LogP) is 2.37. The number of aliphatic hydroxyl groups excluding tert-OH is 2. The zero-order valence-electron chi connectivity index (χ0n) is 20.2. The van der Waals surface area contributed by atoms with Crippen LogP contribution in [0.5, 0.6) is 0 Å². The molecule has 7 nitrogen and oxygen atoms in total. The number of hydrogen-bond donors (Lipinski definition) is 4. The molecule has 1 aliphatic heterocycles. The number of rotatable bonds is 9. The Hall–Kier alpha value is -3.07. The van der Waals surface area contributed by atoms with Gasteiger partial charge in [0, 0.05) is 19.8 Å². The Kier molecular flexibility index (Phi) is 8.51. The third-order valence-electron chi connectivity index (χ3n) is 6.54. The van der Waals surface area contributed by atoms with Crippen LogP contribution in [0, 0.1) is 0 Å². The maximum Gasteiger partial charge on any atom is 0.217 e. The van der Waals surface area contributed by atoms with E-state index in [9.17, 15) is 20.1 Å². The van der Waals surface area contributed by atoms with Crippen LogP contribution < -0.4 is 5.32 Å². The molecule has 4 rings (SSSR count). The summed E-state index contributed by atoms with van der Waals surface area (Å²) in [5, 5.41) is 37.3. The fourth-order valence-corrected chi connectivity index (χ4v) is 4.72. The first-order valence-electron chi connectivity index (χ1n) is 12.1. The van der Waals surface area contributed by atoms with Crippen LogP contribution in [0.3, 0.4) is 0 Å². The Morgan fingerprint density at radius 1 is 0.944 bits per heavy atom. The van der Waals surface area contributed by atoms with Crippen molar-refractivity contribution >= 4 is 5.91 Å². The van der Waals surface area contributed by atoms with Gasteiger partial charge >= 0.3 is 0 Å². The van der Waals surface area contributed by atoms with E-state index in [1.54, 1.807) is 0 Å². The summed E-state index contributed by atoms with van der Waals surface area (Å²) in [4.78, 5) is 12.2. The average molecular weight is 492 g/mol. The Morgan fingerprint density at radius 3 is 2.03 bits per heavy atom. The van der Waals surface area contributed by atoms with Crippen LogP contribution in [0.4, 0.5) is 0 Å². The lowest BCUT2D eigenvalue weighted by atomic mass is 9.76. The molecule has 190 valence electrons. The summed E-state index contributed by atoms with van der Waals surface area (Å²) >= 11 is 0. The van der Waals surface area contributed by atoms with Gasteiger partial charge in [0.1, 0.15) is 23.9 Å². The van der Waals surface area contributed by atoms with Crippen LogP contribution in [0.2, 0.25) is 0 Å². The lowest BCUT2D eigenvalue weighted by Gasteiger charge is -2.51. The standard InChI is InChI=1S/C29H33NO6/c1-20(31)30-26-28(35-19-23-15-9-4-10-16-23)36-25(24(32)17-21-11-5-2-6-12-21)27(33)29(26,34)18-22-13-7-3-8-14-22/h2-16,24-28,32-34H,17-19H2,1H3,(H,30,31)/t24?,25-,26+,27-,28?,29-/m1/s1. The third kappa shape index (κ3) is 6.19. The first-order valence-corrected chi connectivity index (χ1v) is 12.1. The number of amides is 1. The number of nitrogens with one attached hydrogen (secondary N) is 1. The minimum absolute atomic E-state index is 0.0169. The summed E-state index contributed by atoms with van der Waals surface area (Å²) in [6.07, 6.45) is -4.70. The van der Waals surface area contributed by atoms with Crippen LogP contribution in [0.1, 0.15) is 23.6 Å². The monoisotopic (exact) mass is 491 g/mol. The number of benzene rings is 3. The molecule has 1 fully saturated rings. The molecule has 0 aromatic heterocycles. The topological polar surface area (TPSA) is 108 Å². The van der Waals surface area contributed by atoms with E-state index in [0.717, 1.165) is 16.7 Å². The molecular formula is C29H33NO6. The number of aliphatic hydroxyl groups is 3. The molecule has 1 aliphatic rings. The van der Waals surface area contributed by atoms with Gasteiger partial charge < -0.3 is 30.1 Å². The molecule has 4 N–H and O–H groups in total. The summed E-state index contributed by atoms with van der Waals surface area (Å²) in [5.41, 5.74) is 0.615. The van der Waals surface area contributed by atoms with E-state index in [4.69, 9.17) is 9.47 Å². The van der Waals surface area contributed by atoms with Gasteiger partial charge in [0.15, 0.2) is 6.29 Å². The van der Waals surface area contributed by atoms with E-state index in [1.807, 2.05) is 91.0 Å². The van der Waals surface area contributed by atoms with Gasteiger partial charge in [-0.15, -0.1) is 0 Å². The van der Waals surface area contributed by atoms with Crippen molar-refractivity contribution < 1.29 is 29.6 Å². The molecule has 3 aromatic rings. The summed E-state index contributed by atoms with van der Waals surface area (Å²) in [7, 11) is 0. The van der Waals surface area contributed by atoms with E-state index in [2.05, 4.69) is 5.32 Å². The Labute approximate surface area is 211 Å². The number of carbonyl (C=O) groups is 1. The Bertz CT molecular complexity index is 1100. The molecule has 36 heavy (non-hydrogen) atoms. The zero-order valence-corrected chi connectivity index (χ0v) is 20.2. The van der Waals surface area contributed by atoms with E-state index in [-0.39, 0.29) is 19.4 Å². The molecule has 1 saturated heterocycles. The van der Waals surface area contributed by atoms with Gasteiger partial charge in [0.25, 0.3) is 0 Å². The fourth-order valence-electron chi connectivity index (χ4n) is 4.72. The second-order valence-corrected chi connectivity index (χ2v) is 9.30. The summed E-state index contributed by atoms with van der Waals surface area (Å²) in [6, 6.07) is 26.9. The van der Waals surface area contributed by atoms with Crippen LogP contribution in [0.25, 0.3) is 0 Å². The molecule has 0 saturated carbocycles. The molecule has 6 atom stereocenters.